The van der Waals surface area contributed by atoms with Crippen LogP contribution < -0.4 is 0 Å². The third-order valence-electron chi connectivity index (χ3n) is 5.65. The summed E-state index contributed by atoms with van der Waals surface area (Å²) in [7, 11) is 0. The highest BCUT2D eigenvalue weighted by Gasteiger charge is 2.14. The molecule has 0 amide bonds. The molecule has 0 aromatic heterocycles. The summed E-state index contributed by atoms with van der Waals surface area (Å²) in [4.78, 5) is 23.2. The van der Waals surface area contributed by atoms with E-state index in [0.717, 1.165) is 12.8 Å². The van der Waals surface area contributed by atoms with Crippen LogP contribution in [0.15, 0.2) is 0 Å². The lowest BCUT2D eigenvalue weighted by atomic mass is 9.94. The van der Waals surface area contributed by atoms with Gasteiger partial charge < -0.3 is 4.74 Å². The van der Waals surface area contributed by atoms with E-state index in [9.17, 15) is 9.59 Å². The van der Waals surface area contributed by atoms with Crippen molar-refractivity contribution < 1.29 is 14.3 Å². The molecule has 28 heavy (non-hydrogen) atoms. The molecule has 0 saturated carbocycles. The topological polar surface area (TPSA) is 43.4 Å². The van der Waals surface area contributed by atoms with Crippen molar-refractivity contribution in [3.8, 4) is 0 Å². The van der Waals surface area contributed by atoms with E-state index in [1.807, 2.05) is 0 Å². The number of carbonyl (C=O) groups excluding carboxylic acids is 2. The molecule has 0 heterocycles. The molecule has 0 aromatic rings. The number of hydrogen-bond donors (Lipinski definition) is 0. The SMILES string of the molecule is CCCCCCCCCCC(CCCCCCCC)COC(=O)CC(=O)CC. The summed E-state index contributed by atoms with van der Waals surface area (Å²) in [5.74, 6) is 0.100. The number of ketones is 1. The summed E-state index contributed by atoms with van der Waals surface area (Å²) in [6.07, 6.45) is 21.1. The van der Waals surface area contributed by atoms with Gasteiger partial charge in [0.2, 0.25) is 0 Å². The van der Waals surface area contributed by atoms with E-state index in [2.05, 4.69) is 13.8 Å². The van der Waals surface area contributed by atoms with Gasteiger partial charge in [0.25, 0.3) is 0 Å². The van der Waals surface area contributed by atoms with Crippen LogP contribution in [0.2, 0.25) is 0 Å². The van der Waals surface area contributed by atoms with E-state index < -0.39 is 0 Å². The molecule has 0 rings (SSSR count). The summed E-state index contributed by atoms with van der Waals surface area (Å²) < 4.78 is 5.43. The van der Waals surface area contributed by atoms with Crippen LogP contribution in [0.3, 0.4) is 0 Å². The Hall–Kier alpha value is -0.860. The quantitative estimate of drug-likeness (QED) is 0.113. The highest BCUT2D eigenvalue weighted by Crippen LogP contribution is 2.20. The number of carbonyl (C=O) groups is 2. The molecule has 0 spiro atoms. The molecule has 0 aliphatic carbocycles. The summed E-state index contributed by atoms with van der Waals surface area (Å²) in [5, 5.41) is 0. The maximum absolute atomic E-state index is 11.8. The van der Waals surface area contributed by atoms with Gasteiger partial charge in [-0.25, -0.2) is 0 Å². The summed E-state index contributed by atoms with van der Waals surface area (Å²) in [5.41, 5.74) is 0. The zero-order valence-corrected chi connectivity index (χ0v) is 19.2. The average Bonchev–Trinajstić information content (AvgIpc) is 2.69. The van der Waals surface area contributed by atoms with E-state index in [1.165, 1.54) is 89.9 Å². The highest BCUT2D eigenvalue weighted by atomic mass is 16.5. The fourth-order valence-corrected chi connectivity index (χ4v) is 3.64. The fraction of sp³-hybridized carbons (Fsp3) is 0.920. The van der Waals surface area contributed by atoms with Gasteiger partial charge in [0.1, 0.15) is 12.2 Å². The smallest absolute Gasteiger partial charge is 0.313 e. The first-order chi connectivity index (χ1) is 13.6. The molecule has 1 unspecified atom stereocenters. The molecular formula is C25H48O3. The molecule has 3 heteroatoms. The maximum atomic E-state index is 11.8. The van der Waals surface area contributed by atoms with Crippen molar-refractivity contribution in [3.63, 3.8) is 0 Å². The summed E-state index contributed by atoms with van der Waals surface area (Å²) >= 11 is 0. The first-order valence-corrected chi connectivity index (χ1v) is 12.3. The van der Waals surface area contributed by atoms with Crippen LogP contribution in [0.4, 0.5) is 0 Å². The number of ether oxygens (including phenoxy) is 1. The van der Waals surface area contributed by atoms with Crippen molar-refractivity contribution in [1.82, 2.24) is 0 Å². The predicted molar refractivity (Wildman–Crippen MR) is 120 cm³/mol. The van der Waals surface area contributed by atoms with Crippen molar-refractivity contribution in [2.45, 2.75) is 136 Å². The van der Waals surface area contributed by atoms with Gasteiger partial charge in [-0.1, -0.05) is 111 Å². The van der Waals surface area contributed by atoms with Crippen LogP contribution in [0.25, 0.3) is 0 Å². The molecule has 0 bridgehead atoms. The van der Waals surface area contributed by atoms with Gasteiger partial charge in [0, 0.05) is 6.42 Å². The van der Waals surface area contributed by atoms with Crippen LogP contribution in [-0.4, -0.2) is 18.4 Å². The summed E-state index contributed by atoms with van der Waals surface area (Å²) in [6.45, 7) is 6.80. The van der Waals surface area contributed by atoms with Gasteiger partial charge >= 0.3 is 5.97 Å². The Morgan fingerprint density at radius 3 is 1.50 bits per heavy atom. The predicted octanol–water partition coefficient (Wildman–Crippen LogP) is 7.80. The molecule has 166 valence electrons. The minimum absolute atomic E-state index is 0.0273. The summed E-state index contributed by atoms with van der Waals surface area (Å²) in [6, 6.07) is 0. The van der Waals surface area contributed by atoms with Crippen LogP contribution in [0.1, 0.15) is 136 Å². The van der Waals surface area contributed by atoms with Gasteiger partial charge in [0.15, 0.2) is 0 Å². The van der Waals surface area contributed by atoms with Gasteiger partial charge in [-0.15, -0.1) is 0 Å². The van der Waals surface area contributed by atoms with Crippen LogP contribution >= 0.6 is 0 Å². The lowest BCUT2D eigenvalue weighted by Gasteiger charge is -2.17. The molecule has 0 aliphatic rings. The molecule has 0 aromatic carbocycles. The normalized spacial score (nSPS) is 12.1. The van der Waals surface area contributed by atoms with Crippen molar-refractivity contribution in [2.24, 2.45) is 5.92 Å². The molecule has 0 aliphatic heterocycles. The number of esters is 1. The first kappa shape index (κ1) is 27.1. The van der Waals surface area contributed by atoms with Gasteiger partial charge in [0.05, 0.1) is 6.61 Å². The first-order valence-electron chi connectivity index (χ1n) is 12.3. The lowest BCUT2D eigenvalue weighted by molar-refractivity contribution is -0.147. The minimum Gasteiger partial charge on any atom is -0.465 e. The van der Waals surface area contributed by atoms with Gasteiger partial charge in [-0.05, 0) is 18.8 Å². The van der Waals surface area contributed by atoms with Crippen molar-refractivity contribution in [3.05, 3.63) is 0 Å². The second-order valence-electron chi connectivity index (χ2n) is 8.44. The largest absolute Gasteiger partial charge is 0.465 e. The Labute approximate surface area is 175 Å². The van der Waals surface area contributed by atoms with E-state index in [0.29, 0.717) is 18.9 Å². The zero-order valence-electron chi connectivity index (χ0n) is 19.2. The third kappa shape index (κ3) is 18.5. The highest BCUT2D eigenvalue weighted by molar-refractivity contribution is 5.95. The lowest BCUT2D eigenvalue weighted by Crippen LogP contribution is -2.17. The monoisotopic (exact) mass is 396 g/mol. The minimum atomic E-state index is -0.337. The molecule has 1 atom stereocenters. The zero-order chi connectivity index (χ0) is 20.9. The number of rotatable bonds is 21. The van der Waals surface area contributed by atoms with Gasteiger partial charge in [-0.2, -0.15) is 0 Å². The third-order valence-corrected chi connectivity index (χ3v) is 5.65. The van der Waals surface area contributed by atoms with E-state index >= 15 is 0 Å². The number of hydrogen-bond acceptors (Lipinski definition) is 3. The second kappa shape index (κ2) is 20.9. The molecule has 0 saturated heterocycles. The second-order valence-corrected chi connectivity index (χ2v) is 8.44. The van der Waals surface area contributed by atoms with E-state index in [-0.39, 0.29) is 18.2 Å². The Bertz CT molecular complexity index is 365. The standard InChI is InChI=1S/C25H48O3/c1-4-7-9-11-13-14-16-18-20-23(19-17-15-12-10-8-5-2)22-28-25(27)21-24(26)6-3/h23H,4-22H2,1-3H3. The molecule has 3 nitrogen and oxygen atoms in total. The molecule has 0 radical (unpaired) electrons. The van der Waals surface area contributed by atoms with Gasteiger partial charge in [-0.3, -0.25) is 9.59 Å². The number of unbranched alkanes of at least 4 members (excludes halogenated alkanes) is 12. The van der Waals surface area contributed by atoms with Crippen LogP contribution in [0.5, 0.6) is 0 Å². The number of Topliss-reactive ketones (excluding diaryl/α,β-unsaturated/α-hetero) is 1. The van der Waals surface area contributed by atoms with E-state index in [1.54, 1.807) is 6.92 Å². The van der Waals surface area contributed by atoms with Crippen molar-refractivity contribution >= 4 is 11.8 Å². The Balaban J connectivity index is 4.03. The van der Waals surface area contributed by atoms with Crippen LogP contribution in [0, 0.1) is 5.92 Å². The Morgan fingerprint density at radius 2 is 1.07 bits per heavy atom. The average molecular weight is 397 g/mol. The Morgan fingerprint density at radius 1 is 0.643 bits per heavy atom. The molecular weight excluding hydrogens is 348 g/mol. The van der Waals surface area contributed by atoms with Crippen molar-refractivity contribution in [1.29, 1.82) is 0 Å². The maximum Gasteiger partial charge on any atom is 0.313 e. The van der Waals surface area contributed by atoms with Crippen molar-refractivity contribution in [2.75, 3.05) is 6.61 Å². The molecule has 0 fully saturated rings. The molecule has 0 N–H and O–H groups in total. The van der Waals surface area contributed by atoms with E-state index in [4.69, 9.17) is 4.74 Å². The Kier molecular flexibility index (Phi) is 20.2. The van der Waals surface area contributed by atoms with Crippen LogP contribution in [-0.2, 0) is 14.3 Å². The fourth-order valence-electron chi connectivity index (χ4n) is 3.64.